The topological polar surface area (TPSA) is 71.5 Å². The van der Waals surface area contributed by atoms with Crippen LogP contribution in [-0.4, -0.2) is 29.4 Å². The van der Waals surface area contributed by atoms with Gasteiger partial charge in [-0.2, -0.15) is 0 Å². The predicted molar refractivity (Wildman–Crippen MR) is 133 cm³/mol. The fourth-order valence-corrected chi connectivity index (χ4v) is 4.46. The molecule has 1 saturated carbocycles. The summed E-state index contributed by atoms with van der Waals surface area (Å²) in [5.74, 6) is -0.486. The van der Waals surface area contributed by atoms with Gasteiger partial charge in [0.05, 0.1) is 6.61 Å². The highest BCUT2D eigenvalue weighted by Gasteiger charge is 2.35. The molecule has 2 aromatic carbocycles. The van der Waals surface area contributed by atoms with Gasteiger partial charge in [-0.3, -0.25) is 19.5 Å². The summed E-state index contributed by atoms with van der Waals surface area (Å²) in [6.07, 6.45) is 6.62. The van der Waals surface area contributed by atoms with Gasteiger partial charge in [-0.15, -0.1) is 0 Å². The summed E-state index contributed by atoms with van der Waals surface area (Å²) < 4.78 is 19.3. The van der Waals surface area contributed by atoms with E-state index in [1.165, 1.54) is 17.0 Å². The highest BCUT2D eigenvalue weighted by atomic mass is 19.1. The van der Waals surface area contributed by atoms with Crippen LogP contribution in [0.3, 0.4) is 0 Å². The van der Waals surface area contributed by atoms with Crippen molar-refractivity contribution in [3.63, 3.8) is 0 Å². The maximum absolute atomic E-state index is 13.8. The van der Waals surface area contributed by atoms with E-state index in [1.807, 2.05) is 6.92 Å². The average molecular weight is 476 g/mol. The van der Waals surface area contributed by atoms with Gasteiger partial charge in [0.15, 0.2) is 0 Å². The standard InChI is InChI=1S/C28H30FN3O3/c1-2-35-24-17-15-23(16-18-24)32(28(34)25-10-6-7-19-30-25)26(20-11-13-21(29)14-12-20)27(33)31-22-8-4-3-5-9-22/h6-7,10-19,22,26H,2-5,8-9H2,1H3,(H,31,33). The van der Waals surface area contributed by atoms with E-state index < -0.39 is 17.8 Å². The number of amides is 2. The molecule has 2 amide bonds. The van der Waals surface area contributed by atoms with E-state index in [-0.39, 0.29) is 17.6 Å². The van der Waals surface area contributed by atoms with Crippen LogP contribution in [0.5, 0.6) is 5.75 Å². The van der Waals surface area contributed by atoms with Crippen LogP contribution in [-0.2, 0) is 4.79 Å². The Morgan fingerprint density at radius 2 is 1.74 bits per heavy atom. The third kappa shape index (κ3) is 6.04. The minimum absolute atomic E-state index is 0.0475. The van der Waals surface area contributed by atoms with E-state index in [2.05, 4.69) is 10.3 Å². The molecule has 0 bridgehead atoms. The van der Waals surface area contributed by atoms with Crippen LogP contribution in [0, 0.1) is 5.82 Å². The van der Waals surface area contributed by atoms with Crippen LogP contribution in [0.2, 0.25) is 0 Å². The summed E-state index contributed by atoms with van der Waals surface area (Å²) in [6.45, 7) is 2.41. The summed E-state index contributed by atoms with van der Waals surface area (Å²) >= 11 is 0. The monoisotopic (exact) mass is 475 g/mol. The maximum atomic E-state index is 13.8. The molecule has 1 aromatic heterocycles. The van der Waals surface area contributed by atoms with Crippen molar-refractivity contribution in [2.75, 3.05) is 11.5 Å². The van der Waals surface area contributed by atoms with Gasteiger partial charge in [-0.25, -0.2) is 4.39 Å². The number of nitrogens with zero attached hydrogens (tertiary/aromatic N) is 2. The zero-order valence-corrected chi connectivity index (χ0v) is 19.8. The van der Waals surface area contributed by atoms with Crippen LogP contribution < -0.4 is 15.0 Å². The van der Waals surface area contributed by atoms with Crippen LogP contribution in [0.1, 0.15) is 61.1 Å². The molecule has 35 heavy (non-hydrogen) atoms. The minimum Gasteiger partial charge on any atom is -0.494 e. The molecule has 182 valence electrons. The predicted octanol–water partition coefficient (Wildman–Crippen LogP) is 5.46. The SMILES string of the molecule is CCOc1ccc(N(C(=O)c2ccccn2)C(C(=O)NC2CCCCC2)c2ccc(F)cc2)cc1. The first-order valence-corrected chi connectivity index (χ1v) is 12.1. The number of rotatable bonds is 8. The Kier molecular flexibility index (Phi) is 8.08. The average Bonchev–Trinajstić information content (AvgIpc) is 2.89. The van der Waals surface area contributed by atoms with E-state index in [0.717, 1.165) is 32.1 Å². The lowest BCUT2D eigenvalue weighted by Crippen LogP contribution is -2.47. The Morgan fingerprint density at radius 1 is 1.03 bits per heavy atom. The van der Waals surface area contributed by atoms with Crippen LogP contribution >= 0.6 is 0 Å². The van der Waals surface area contributed by atoms with E-state index in [1.54, 1.807) is 60.8 Å². The van der Waals surface area contributed by atoms with E-state index in [4.69, 9.17) is 4.74 Å². The number of benzene rings is 2. The molecule has 6 nitrogen and oxygen atoms in total. The fraction of sp³-hybridized carbons (Fsp3) is 0.321. The molecule has 1 aliphatic carbocycles. The van der Waals surface area contributed by atoms with Crippen molar-refractivity contribution in [1.29, 1.82) is 0 Å². The number of ether oxygens (including phenoxy) is 1. The molecule has 0 aliphatic heterocycles. The molecule has 7 heteroatoms. The van der Waals surface area contributed by atoms with E-state index >= 15 is 0 Å². The summed E-state index contributed by atoms with van der Waals surface area (Å²) in [5.41, 5.74) is 1.23. The van der Waals surface area contributed by atoms with Gasteiger partial charge in [-0.05, 0) is 73.9 Å². The molecule has 0 saturated heterocycles. The molecular weight excluding hydrogens is 445 g/mol. The summed E-state index contributed by atoms with van der Waals surface area (Å²) in [5, 5.41) is 3.15. The summed E-state index contributed by atoms with van der Waals surface area (Å²) in [6, 6.07) is 16.8. The number of halogens is 1. The first kappa shape index (κ1) is 24.4. The molecule has 0 spiro atoms. The summed E-state index contributed by atoms with van der Waals surface area (Å²) in [4.78, 5) is 33.2. The second-order valence-corrected chi connectivity index (χ2v) is 8.61. The lowest BCUT2D eigenvalue weighted by Gasteiger charge is -2.33. The smallest absolute Gasteiger partial charge is 0.277 e. The van der Waals surface area contributed by atoms with Gasteiger partial charge in [0.25, 0.3) is 5.91 Å². The lowest BCUT2D eigenvalue weighted by molar-refractivity contribution is -0.123. The second kappa shape index (κ2) is 11.6. The van der Waals surface area contributed by atoms with Crippen molar-refractivity contribution in [1.82, 2.24) is 10.3 Å². The largest absolute Gasteiger partial charge is 0.494 e. The number of pyridine rings is 1. The highest BCUT2D eigenvalue weighted by molar-refractivity contribution is 6.09. The van der Waals surface area contributed by atoms with Crippen molar-refractivity contribution < 1.29 is 18.7 Å². The number of hydrogen-bond donors (Lipinski definition) is 1. The van der Waals surface area contributed by atoms with E-state index in [9.17, 15) is 14.0 Å². The highest BCUT2D eigenvalue weighted by Crippen LogP contribution is 2.32. The summed E-state index contributed by atoms with van der Waals surface area (Å²) in [7, 11) is 0. The van der Waals surface area contributed by atoms with Gasteiger partial charge >= 0.3 is 0 Å². The van der Waals surface area contributed by atoms with Crippen LogP contribution in [0.15, 0.2) is 72.9 Å². The molecule has 4 rings (SSSR count). The van der Waals surface area contributed by atoms with Crippen LogP contribution in [0.4, 0.5) is 10.1 Å². The van der Waals surface area contributed by atoms with Gasteiger partial charge in [0.2, 0.25) is 5.91 Å². The number of aromatic nitrogens is 1. The fourth-order valence-electron chi connectivity index (χ4n) is 4.46. The third-order valence-electron chi connectivity index (χ3n) is 6.17. The molecule has 1 N–H and O–H groups in total. The molecular formula is C28H30FN3O3. The molecule has 1 heterocycles. The first-order valence-electron chi connectivity index (χ1n) is 12.1. The Labute approximate surface area is 205 Å². The van der Waals surface area contributed by atoms with E-state index in [0.29, 0.717) is 23.6 Å². The Balaban J connectivity index is 1.78. The number of nitrogens with one attached hydrogen (secondary N) is 1. The van der Waals surface area contributed by atoms with Crippen molar-refractivity contribution in [2.45, 2.75) is 51.1 Å². The Bertz CT molecular complexity index is 1110. The Morgan fingerprint density at radius 3 is 2.37 bits per heavy atom. The van der Waals surface area contributed by atoms with Crippen molar-refractivity contribution in [2.24, 2.45) is 0 Å². The number of carbonyl (C=O) groups excluding carboxylic acids is 2. The van der Waals surface area contributed by atoms with Gasteiger partial charge in [-0.1, -0.05) is 37.5 Å². The molecule has 3 aromatic rings. The first-order chi connectivity index (χ1) is 17.1. The van der Waals surface area contributed by atoms with Crippen molar-refractivity contribution in [3.05, 3.63) is 90.0 Å². The van der Waals surface area contributed by atoms with Crippen molar-refractivity contribution >= 4 is 17.5 Å². The number of anilines is 1. The van der Waals surface area contributed by atoms with Gasteiger partial charge in [0, 0.05) is 17.9 Å². The molecule has 1 aliphatic rings. The maximum Gasteiger partial charge on any atom is 0.277 e. The molecule has 1 unspecified atom stereocenters. The lowest BCUT2D eigenvalue weighted by atomic mass is 9.94. The zero-order chi connectivity index (χ0) is 24.6. The zero-order valence-electron chi connectivity index (χ0n) is 19.8. The molecule has 1 atom stereocenters. The Hall–Kier alpha value is -3.74. The van der Waals surface area contributed by atoms with Gasteiger partial charge < -0.3 is 10.1 Å². The second-order valence-electron chi connectivity index (χ2n) is 8.61. The van der Waals surface area contributed by atoms with Crippen molar-refractivity contribution in [3.8, 4) is 5.75 Å². The molecule has 1 fully saturated rings. The number of hydrogen-bond acceptors (Lipinski definition) is 4. The van der Waals surface area contributed by atoms with Crippen LogP contribution in [0.25, 0.3) is 0 Å². The normalized spacial score (nSPS) is 14.7. The quantitative estimate of drug-likeness (QED) is 0.470. The number of carbonyl (C=O) groups is 2. The minimum atomic E-state index is -1.01. The molecule has 0 radical (unpaired) electrons. The van der Waals surface area contributed by atoms with Gasteiger partial charge in [0.1, 0.15) is 23.3 Å². The third-order valence-corrected chi connectivity index (χ3v) is 6.17.